The lowest BCUT2D eigenvalue weighted by Crippen LogP contribution is -2.48. The van der Waals surface area contributed by atoms with Crippen LogP contribution in [0.4, 0.5) is 17.1 Å². The van der Waals surface area contributed by atoms with Gasteiger partial charge in [0.05, 0.1) is 18.4 Å². The van der Waals surface area contributed by atoms with Gasteiger partial charge in [0.15, 0.2) is 0 Å². The molecule has 0 radical (unpaired) electrons. The first-order chi connectivity index (χ1) is 17.5. The maximum absolute atomic E-state index is 12.2. The van der Waals surface area contributed by atoms with Gasteiger partial charge in [-0.1, -0.05) is 36.4 Å². The van der Waals surface area contributed by atoms with Crippen LogP contribution in [0.3, 0.4) is 0 Å². The normalized spacial score (nSPS) is 26.0. The van der Waals surface area contributed by atoms with E-state index in [9.17, 15) is 4.79 Å². The lowest BCUT2D eigenvalue weighted by molar-refractivity contribution is -0.00519. The van der Waals surface area contributed by atoms with Crippen LogP contribution in [0.1, 0.15) is 60.0 Å². The van der Waals surface area contributed by atoms with Crippen molar-refractivity contribution in [2.75, 3.05) is 24.4 Å². The first kappa shape index (κ1) is 23.1. The van der Waals surface area contributed by atoms with Crippen LogP contribution in [-0.4, -0.2) is 20.1 Å². The van der Waals surface area contributed by atoms with Gasteiger partial charge >= 0.3 is 5.97 Å². The molecule has 7 rings (SSSR count). The Morgan fingerprint density at radius 1 is 0.889 bits per heavy atom. The van der Waals surface area contributed by atoms with Gasteiger partial charge in [-0.15, -0.1) is 0 Å². The maximum Gasteiger partial charge on any atom is 0.339 e. The largest absolute Gasteiger partial charge is 0.465 e. The van der Waals surface area contributed by atoms with Crippen molar-refractivity contribution in [1.29, 1.82) is 0 Å². The fourth-order valence-corrected chi connectivity index (χ4v) is 7.64. The van der Waals surface area contributed by atoms with Gasteiger partial charge in [0, 0.05) is 25.0 Å². The number of benzene rings is 3. The maximum atomic E-state index is 12.2. The minimum absolute atomic E-state index is 0.329. The van der Waals surface area contributed by atoms with Gasteiger partial charge in [0.2, 0.25) is 0 Å². The van der Waals surface area contributed by atoms with Crippen molar-refractivity contribution < 1.29 is 9.53 Å². The van der Waals surface area contributed by atoms with Crippen molar-refractivity contribution in [2.45, 2.75) is 50.5 Å². The highest BCUT2D eigenvalue weighted by Gasteiger charge is 2.51. The molecule has 4 aliphatic rings. The molecule has 3 aromatic rings. The summed E-state index contributed by atoms with van der Waals surface area (Å²) in [5.74, 6) is 2.61. The van der Waals surface area contributed by atoms with E-state index < -0.39 is 0 Å². The molecule has 3 aromatic carbocycles. The predicted molar refractivity (Wildman–Crippen MR) is 146 cm³/mol. The number of nitrogens with zero attached hydrogens (tertiary/aromatic N) is 1. The van der Waals surface area contributed by atoms with E-state index in [0.29, 0.717) is 11.0 Å². The first-order valence-corrected chi connectivity index (χ1v) is 13.4. The van der Waals surface area contributed by atoms with Crippen molar-refractivity contribution in [3.8, 4) is 0 Å². The zero-order valence-electron chi connectivity index (χ0n) is 21.4. The summed E-state index contributed by atoms with van der Waals surface area (Å²) in [6, 6.07) is 25.3. The molecule has 1 N–H and O–H groups in total. The molecule has 0 unspecified atom stereocenters. The topological polar surface area (TPSA) is 41.6 Å². The summed E-state index contributed by atoms with van der Waals surface area (Å²) >= 11 is 0. The third kappa shape index (κ3) is 4.27. The van der Waals surface area contributed by atoms with Crippen molar-refractivity contribution in [3.63, 3.8) is 0 Å². The predicted octanol–water partition coefficient (Wildman–Crippen LogP) is 7.32. The third-order valence-electron chi connectivity index (χ3n) is 9.03. The Labute approximate surface area is 214 Å². The number of carbonyl (C=O) groups is 1. The highest BCUT2D eigenvalue weighted by Crippen LogP contribution is 2.60. The number of para-hydroxylation sites is 1. The van der Waals surface area contributed by atoms with Crippen LogP contribution in [0.2, 0.25) is 0 Å². The Morgan fingerprint density at radius 2 is 1.50 bits per heavy atom. The Balaban J connectivity index is 1.10. The fourth-order valence-electron chi connectivity index (χ4n) is 7.64. The molecule has 0 aliphatic heterocycles. The smallest absolute Gasteiger partial charge is 0.339 e. The molecule has 0 aromatic heterocycles. The Hall–Kier alpha value is -3.27. The number of anilines is 3. The number of esters is 1. The van der Waals surface area contributed by atoms with Crippen LogP contribution < -0.4 is 10.2 Å². The van der Waals surface area contributed by atoms with Gasteiger partial charge in [-0.05, 0) is 109 Å². The Morgan fingerprint density at radius 3 is 2.11 bits per heavy atom. The van der Waals surface area contributed by atoms with E-state index in [1.165, 1.54) is 51.2 Å². The molecule has 36 heavy (non-hydrogen) atoms. The minimum atomic E-state index is -0.329. The van der Waals surface area contributed by atoms with Crippen LogP contribution >= 0.6 is 0 Å². The lowest BCUT2D eigenvalue weighted by Gasteiger charge is -2.57. The number of methoxy groups -OCH3 is 1. The molecule has 4 aliphatic carbocycles. The van der Waals surface area contributed by atoms with Gasteiger partial charge in [-0.25, -0.2) is 4.79 Å². The molecular formula is C32H36N2O2. The fraction of sp³-hybridized carbons (Fsp3) is 0.406. The highest BCUT2D eigenvalue weighted by molar-refractivity contribution is 5.96. The molecule has 0 spiro atoms. The number of rotatable bonds is 7. The van der Waals surface area contributed by atoms with Crippen LogP contribution in [0.15, 0.2) is 72.8 Å². The molecule has 186 valence electrons. The van der Waals surface area contributed by atoms with Crippen molar-refractivity contribution in [2.24, 2.45) is 17.8 Å². The molecular weight excluding hydrogens is 444 g/mol. The summed E-state index contributed by atoms with van der Waals surface area (Å²) in [5, 5.41) is 3.57. The molecule has 0 heterocycles. The number of carbonyl (C=O) groups excluding carboxylic acids is 1. The van der Waals surface area contributed by atoms with E-state index in [-0.39, 0.29) is 5.97 Å². The summed E-state index contributed by atoms with van der Waals surface area (Å²) in [6.45, 7) is 0.807. The number of hydrogen-bond donors (Lipinski definition) is 1. The quantitative estimate of drug-likeness (QED) is 0.360. The van der Waals surface area contributed by atoms with E-state index in [2.05, 4.69) is 53.8 Å². The molecule has 0 saturated heterocycles. The van der Waals surface area contributed by atoms with Crippen molar-refractivity contribution in [3.05, 3.63) is 89.5 Å². The second-order valence-corrected chi connectivity index (χ2v) is 11.4. The van der Waals surface area contributed by atoms with E-state index in [0.717, 1.165) is 41.4 Å². The van der Waals surface area contributed by atoms with Gasteiger partial charge in [0.25, 0.3) is 0 Å². The number of ether oxygens (including phenoxy) is 1. The standard InChI is InChI=1S/C32H36N2O2/c1-34(30-6-4-3-5-29(30)31(35)36-2)28-13-11-27(12-14-28)33-21-22-7-9-26(10-8-22)32-18-23-15-24(19-32)17-25(16-23)20-32/h3-14,23-25,33H,15-21H2,1-2H3. The molecule has 0 amide bonds. The second kappa shape index (κ2) is 9.31. The number of nitrogens with one attached hydrogen (secondary N) is 1. The van der Waals surface area contributed by atoms with E-state index >= 15 is 0 Å². The summed E-state index contributed by atoms with van der Waals surface area (Å²) in [7, 11) is 3.38. The van der Waals surface area contributed by atoms with E-state index in [1.54, 1.807) is 11.6 Å². The lowest BCUT2D eigenvalue weighted by atomic mass is 9.48. The zero-order valence-corrected chi connectivity index (χ0v) is 21.4. The highest BCUT2D eigenvalue weighted by atomic mass is 16.5. The van der Waals surface area contributed by atoms with Crippen LogP contribution in [-0.2, 0) is 16.7 Å². The summed E-state index contributed by atoms with van der Waals surface area (Å²) in [4.78, 5) is 14.2. The van der Waals surface area contributed by atoms with E-state index in [4.69, 9.17) is 4.74 Å². The van der Waals surface area contributed by atoms with Gasteiger partial charge < -0.3 is 15.0 Å². The third-order valence-corrected chi connectivity index (χ3v) is 9.03. The first-order valence-electron chi connectivity index (χ1n) is 13.4. The molecule has 4 nitrogen and oxygen atoms in total. The van der Waals surface area contributed by atoms with Gasteiger partial charge in [-0.2, -0.15) is 0 Å². The van der Waals surface area contributed by atoms with Crippen LogP contribution in [0.25, 0.3) is 0 Å². The monoisotopic (exact) mass is 480 g/mol. The summed E-state index contributed by atoms with van der Waals surface area (Å²) < 4.78 is 4.95. The Kier molecular flexibility index (Phi) is 5.99. The minimum Gasteiger partial charge on any atom is -0.465 e. The van der Waals surface area contributed by atoms with Crippen molar-refractivity contribution >= 4 is 23.0 Å². The van der Waals surface area contributed by atoms with Crippen molar-refractivity contribution in [1.82, 2.24) is 0 Å². The van der Waals surface area contributed by atoms with Gasteiger partial charge in [0.1, 0.15) is 0 Å². The molecule has 4 bridgehead atoms. The van der Waals surface area contributed by atoms with Crippen LogP contribution in [0.5, 0.6) is 0 Å². The van der Waals surface area contributed by atoms with E-state index in [1.807, 2.05) is 30.1 Å². The summed E-state index contributed by atoms with van der Waals surface area (Å²) in [6.07, 6.45) is 8.74. The molecule has 0 atom stereocenters. The molecule has 4 fully saturated rings. The second-order valence-electron chi connectivity index (χ2n) is 11.4. The van der Waals surface area contributed by atoms with Crippen LogP contribution in [0, 0.1) is 17.8 Å². The zero-order chi connectivity index (χ0) is 24.7. The Bertz CT molecular complexity index is 1200. The summed E-state index contributed by atoms with van der Waals surface area (Å²) in [5.41, 5.74) is 6.85. The number of hydrogen-bond acceptors (Lipinski definition) is 4. The SMILES string of the molecule is COC(=O)c1ccccc1N(C)c1ccc(NCc2ccc(C34CC5CC(CC(C5)C3)C4)cc2)cc1. The average molecular weight is 481 g/mol. The molecule has 4 heteroatoms. The van der Waals surface area contributed by atoms with Gasteiger partial charge in [-0.3, -0.25) is 0 Å². The average Bonchev–Trinajstić information content (AvgIpc) is 2.91. The molecule has 4 saturated carbocycles.